The molecular weight excluding hydrogens is 304 g/mol. The lowest BCUT2D eigenvalue weighted by Gasteiger charge is -2.13. The van der Waals surface area contributed by atoms with Gasteiger partial charge in [0.1, 0.15) is 6.01 Å². The van der Waals surface area contributed by atoms with Crippen LogP contribution in [0.25, 0.3) is 0 Å². The highest BCUT2D eigenvalue weighted by atomic mass is 14.8. The lowest BCUT2D eigenvalue weighted by atomic mass is 9.96. The van der Waals surface area contributed by atoms with Gasteiger partial charge in [-0.05, 0) is 61.8 Å². The molecule has 0 N–H and O–H groups in total. The summed E-state index contributed by atoms with van der Waals surface area (Å²) >= 11 is 0. The molecule has 0 aliphatic heterocycles. The van der Waals surface area contributed by atoms with Crippen LogP contribution in [0.2, 0.25) is 0 Å². The summed E-state index contributed by atoms with van der Waals surface area (Å²) in [5, 5.41) is 0. The second-order valence-corrected chi connectivity index (χ2v) is 7.67. The first kappa shape index (κ1) is 19.1. The Morgan fingerprint density at radius 2 is 1.00 bits per heavy atom. The predicted molar refractivity (Wildman–Crippen MR) is 109 cm³/mol. The normalized spacial score (nSPS) is 11.0. The van der Waals surface area contributed by atoms with Gasteiger partial charge in [0.2, 0.25) is 0 Å². The minimum absolute atomic E-state index is 0.423. The van der Waals surface area contributed by atoms with Gasteiger partial charge in [-0.2, -0.15) is 9.98 Å². The monoisotopic (exact) mass is 334 g/mol. The molecule has 0 aliphatic carbocycles. The van der Waals surface area contributed by atoms with E-state index in [4.69, 9.17) is 0 Å². The number of hydrogen-bond acceptors (Lipinski definition) is 2. The van der Waals surface area contributed by atoms with E-state index in [2.05, 4.69) is 95.6 Å². The van der Waals surface area contributed by atoms with Crippen LogP contribution in [0.5, 0.6) is 0 Å². The molecule has 0 saturated heterocycles. The Morgan fingerprint density at radius 3 is 1.32 bits per heavy atom. The minimum atomic E-state index is 0.423. The van der Waals surface area contributed by atoms with E-state index in [-0.39, 0.29) is 0 Å². The lowest BCUT2D eigenvalue weighted by Crippen LogP contribution is -1.93. The van der Waals surface area contributed by atoms with Crippen LogP contribution in [0.3, 0.4) is 0 Å². The molecule has 0 bridgehead atoms. The zero-order valence-electron chi connectivity index (χ0n) is 16.9. The van der Waals surface area contributed by atoms with Gasteiger partial charge >= 0.3 is 0 Å². The summed E-state index contributed by atoms with van der Waals surface area (Å²) in [5.41, 5.74) is 9.41. The molecule has 0 atom stereocenters. The highest BCUT2D eigenvalue weighted by molar-refractivity contribution is 5.66. The molecular formula is C23H30N2. The van der Waals surface area contributed by atoms with Crippen LogP contribution < -0.4 is 0 Å². The first-order valence-corrected chi connectivity index (χ1v) is 9.09. The third kappa shape index (κ3) is 4.46. The summed E-state index contributed by atoms with van der Waals surface area (Å²) in [6.07, 6.45) is 0. The summed E-state index contributed by atoms with van der Waals surface area (Å²) < 4.78 is 0. The summed E-state index contributed by atoms with van der Waals surface area (Å²) in [5.74, 6) is 0.845. The van der Waals surface area contributed by atoms with Crippen LogP contribution in [-0.2, 0) is 0 Å². The molecule has 0 aliphatic rings. The molecule has 0 aromatic heterocycles. The summed E-state index contributed by atoms with van der Waals surface area (Å²) in [4.78, 5) is 9.22. The highest BCUT2D eigenvalue weighted by Crippen LogP contribution is 2.33. The molecule has 0 saturated carbocycles. The maximum Gasteiger partial charge on any atom is 0.101 e. The van der Waals surface area contributed by atoms with Crippen molar-refractivity contribution < 1.29 is 0 Å². The SMILES string of the molecule is Cc1cc(C)c(N=C=Nc2c(C)cc(C)cc2C(C)C)c(C(C)C)c1. The maximum atomic E-state index is 4.61. The van der Waals surface area contributed by atoms with Crippen molar-refractivity contribution in [1.82, 2.24) is 0 Å². The second kappa shape index (κ2) is 7.80. The Morgan fingerprint density at radius 1 is 0.640 bits per heavy atom. The Bertz CT molecular complexity index is 768. The smallest absolute Gasteiger partial charge is 0.101 e. The van der Waals surface area contributed by atoms with E-state index >= 15 is 0 Å². The fraction of sp³-hybridized carbons (Fsp3) is 0.435. The number of aliphatic imine (C=N–C) groups is 2. The van der Waals surface area contributed by atoms with Gasteiger partial charge in [0.15, 0.2) is 0 Å². The van der Waals surface area contributed by atoms with E-state index in [0.717, 1.165) is 11.4 Å². The molecule has 0 amide bonds. The Balaban J connectivity index is 2.55. The molecule has 0 heterocycles. The van der Waals surface area contributed by atoms with Gasteiger partial charge in [-0.1, -0.05) is 63.1 Å². The average Bonchev–Trinajstić information content (AvgIpc) is 2.49. The fourth-order valence-electron chi connectivity index (χ4n) is 3.30. The van der Waals surface area contributed by atoms with E-state index in [1.807, 2.05) is 0 Å². The quantitative estimate of drug-likeness (QED) is 0.524. The van der Waals surface area contributed by atoms with Crippen molar-refractivity contribution in [2.24, 2.45) is 9.98 Å². The van der Waals surface area contributed by atoms with Crippen LogP contribution in [0.15, 0.2) is 34.3 Å². The van der Waals surface area contributed by atoms with Gasteiger partial charge in [-0.3, -0.25) is 0 Å². The molecule has 0 radical (unpaired) electrons. The van der Waals surface area contributed by atoms with Crippen LogP contribution in [-0.4, -0.2) is 6.01 Å². The largest absolute Gasteiger partial charge is 0.187 e. The van der Waals surface area contributed by atoms with E-state index in [0.29, 0.717) is 11.8 Å². The van der Waals surface area contributed by atoms with Crippen LogP contribution in [0, 0.1) is 27.7 Å². The molecule has 2 aromatic rings. The number of nitrogens with zero attached hydrogens (tertiary/aromatic N) is 2. The third-order valence-electron chi connectivity index (χ3n) is 4.52. The van der Waals surface area contributed by atoms with Crippen LogP contribution >= 0.6 is 0 Å². The topological polar surface area (TPSA) is 24.7 Å². The Hall–Kier alpha value is -2.18. The van der Waals surface area contributed by atoms with Crippen molar-refractivity contribution in [1.29, 1.82) is 0 Å². The van der Waals surface area contributed by atoms with Crippen molar-refractivity contribution >= 4 is 17.4 Å². The first-order valence-electron chi connectivity index (χ1n) is 9.09. The fourth-order valence-corrected chi connectivity index (χ4v) is 3.30. The molecule has 0 unspecified atom stereocenters. The van der Waals surface area contributed by atoms with E-state index in [9.17, 15) is 0 Å². The number of hydrogen-bond donors (Lipinski definition) is 0. The third-order valence-corrected chi connectivity index (χ3v) is 4.52. The maximum absolute atomic E-state index is 4.61. The Labute approximate surface area is 152 Å². The molecule has 25 heavy (non-hydrogen) atoms. The number of benzene rings is 2. The van der Waals surface area contributed by atoms with Gasteiger partial charge in [-0.15, -0.1) is 0 Å². The van der Waals surface area contributed by atoms with Crippen molar-refractivity contribution in [3.63, 3.8) is 0 Å². The van der Waals surface area contributed by atoms with Gasteiger partial charge in [-0.25, -0.2) is 0 Å². The van der Waals surface area contributed by atoms with Gasteiger partial charge in [0.25, 0.3) is 0 Å². The van der Waals surface area contributed by atoms with E-state index in [1.54, 1.807) is 0 Å². The average molecular weight is 335 g/mol. The molecule has 0 fully saturated rings. The summed E-state index contributed by atoms with van der Waals surface area (Å²) in [6.45, 7) is 17.3. The zero-order chi connectivity index (χ0) is 18.7. The van der Waals surface area contributed by atoms with E-state index in [1.165, 1.54) is 33.4 Å². The summed E-state index contributed by atoms with van der Waals surface area (Å²) in [7, 11) is 0. The van der Waals surface area contributed by atoms with E-state index < -0.39 is 0 Å². The lowest BCUT2D eigenvalue weighted by molar-refractivity contribution is 0.862. The molecule has 2 heteroatoms. The van der Waals surface area contributed by atoms with Crippen molar-refractivity contribution in [3.05, 3.63) is 57.6 Å². The van der Waals surface area contributed by atoms with Crippen LogP contribution in [0.4, 0.5) is 11.4 Å². The van der Waals surface area contributed by atoms with Gasteiger partial charge in [0, 0.05) is 0 Å². The van der Waals surface area contributed by atoms with Crippen molar-refractivity contribution in [3.8, 4) is 0 Å². The van der Waals surface area contributed by atoms with Gasteiger partial charge in [0.05, 0.1) is 11.4 Å². The first-order chi connectivity index (χ1) is 11.7. The standard InChI is InChI=1S/C23H30N2/c1-14(2)20-11-16(5)9-18(7)22(20)24-13-25-23-19(8)10-17(6)12-21(23)15(3)4/h9-12,14-15H,1-8H3. The molecule has 2 aromatic carbocycles. The molecule has 132 valence electrons. The number of rotatable bonds is 4. The van der Waals surface area contributed by atoms with Crippen molar-refractivity contribution in [2.75, 3.05) is 0 Å². The molecule has 0 spiro atoms. The van der Waals surface area contributed by atoms with Crippen molar-refractivity contribution in [2.45, 2.75) is 67.2 Å². The molecule has 2 nitrogen and oxygen atoms in total. The highest BCUT2D eigenvalue weighted by Gasteiger charge is 2.11. The van der Waals surface area contributed by atoms with Crippen LogP contribution in [0.1, 0.15) is 72.9 Å². The minimum Gasteiger partial charge on any atom is -0.187 e. The second-order valence-electron chi connectivity index (χ2n) is 7.67. The zero-order valence-corrected chi connectivity index (χ0v) is 16.9. The van der Waals surface area contributed by atoms with Gasteiger partial charge < -0.3 is 0 Å². The predicted octanol–water partition coefficient (Wildman–Crippen LogP) is 7.30. The summed E-state index contributed by atoms with van der Waals surface area (Å²) in [6, 6.07) is 11.8. The number of aryl methyl sites for hydroxylation is 4. The molecule has 2 rings (SSSR count). The Kier molecular flexibility index (Phi) is 5.98.